The number of likely N-dealkylation sites (tertiary alicyclic amines) is 1. The maximum Gasteiger partial charge on any atom is 0.416 e. The number of aromatic nitrogens is 2. The first-order valence-corrected chi connectivity index (χ1v) is 13.5. The number of halogens is 3. The average Bonchev–Trinajstić information content (AvgIpc) is 3.50. The van der Waals surface area contributed by atoms with Gasteiger partial charge in [0.05, 0.1) is 17.8 Å². The molecule has 1 aromatic heterocycles. The summed E-state index contributed by atoms with van der Waals surface area (Å²) >= 11 is 0. The highest BCUT2D eigenvalue weighted by molar-refractivity contribution is 5.95. The SMILES string of the molecule is O=C(NCC(=O)N1CCC(Oc2cccc(C(F)(F)F)c2)CC1)c1cc(-c2ccccc2OCc2ccccc2)n[nH]1. The van der Waals surface area contributed by atoms with Crippen molar-refractivity contribution in [3.8, 4) is 22.8 Å². The van der Waals surface area contributed by atoms with Gasteiger partial charge in [-0.05, 0) is 42.0 Å². The van der Waals surface area contributed by atoms with Crippen molar-refractivity contribution in [1.82, 2.24) is 20.4 Å². The molecule has 1 saturated heterocycles. The zero-order valence-corrected chi connectivity index (χ0v) is 22.6. The molecule has 2 amide bonds. The third kappa shape index (κ3) is 7.28. The molecule has 0 atom stereocenters. The number of hydrogen-bond donors (Lipinski definition) is 2. The molecule has 0 bridgehead atoms. The summed E-state index contributed by atoms with van der Waals surface area (Å²) < 4.78 is 50.6. The molecule has 1 aliphatic rings. The number of aromatic amines is 1. The van der Waals surface area contributed by atoms with Gasteiger partial charge in [0.15, 0.2) is 0 Å². The van der Waals surface area contributed by atoms with Crippen LogP contribution in [0.25, 0.3) is 11.3 Å². The van der Waals surface area contributed by atoms with E-state index in [4.69, 9.17) is 9.47 Å². The Morgan fingerprint density at radius 3 is 2.45 bits per heavy atom. The van der Waals surface area contributed by atoms with Crippen LogP contribution in [0.3, 0.4) is 0 Å². The minimum absolute atomic E-state index is 0.145. The second-order valence-electron chi connectivity index (χ2n) is 9.84. The lowest BCUT2D eigenvalue weighted by Gasteiger charge is -2.32. The number of nitrogens with zero attached hydrogens (tertiary/aromatic N) is 2. The van der Waals surface area contributed by atoms with Crippen LogP contribution >= 0.6 is 0 Å². The summed E-state index contributed by atoms with van der Waals surface area (Å²) in [5, 5.41) is 9.61. The molecule has 218 valence electrons. The lowest BCUT2D eigenvalue weighted by atomic mass is 10.1. The molecule has 4 aromatic rings. The normalized spacial score (nSPS) is 13.9. The number of alkyl halides is 3. The molecule has 3 aromatic carbocycles. The number of nitrogens with one attached hydrogen (secondary N) is 2. The van der Waals surface area contributed by atoms with Crippen molar-refractivity contribution in [2.75, 3.05) is 19.6 Å². The minimum Gasteiger partial charge on any atom is -0.490 e. The van der Waals surface area contributed by atoms with Crippen LogP contribution < -0.4 is 14.8 Å². The van der Waals surface area contributed by atoms with E-state index in [1.807, 2.05) is 54.6 Å². The van der Waals surface area contributed by atoms with Crippen LogP contribution in [0.4, 0.5) is 13.2 Å². The van der Waals surface area contributed by atoms with Gasteiger partial charge < -0.3 is 19.7 Å². The number of benzene rings is 3. The van der Waals surface area contributed by atoms with Crippen LogP contribution in [-0.2, 0) is 17.6 Å². The van der Waals surface area contributed by atoms with Gasteiger partial charge in [-0.2, -0.15) is 18.3 Å². The number of ether oxygens (including phenoxy) is 2. The highest BCUT2D eigenvalue weighted by atomic mass is 19.4. The standard InChI is InChI=1S/C31H29F3N4O4/c32-31(33,34)22-9-6-10-24(17-22)42-23-13-15-38(16-14-23)29(39)19-35-30(40)27-18-26(36-37-27)25-11-4-5-12-28(25)41-20-21-7-2-1-3-8-21/h1-12,17-18,23H,13-16,19-20H2,(H,35,40)(H,36,37). The topological polar surface area (TPSA) is 96.6 Å². The number of para-hydroxylation sites is 1. The number of H-pyrrole nitrogens is 1. The number of carbonyl (C=O) groups is 2. The monoisotopic (exact) mass is 578 g/mol. The van der Waals surface area contributed by atoms with Gasteiger partial charge >= 0.3 is 6.18 Å². The summed E-state index contributed by atoms with van der Waals surface area (Å²) in [5.74, 6) is 0.0226. The Labute approximate surface area is 240 Å². The van der Waals surface area contributed by atoms with Crippen molar-refractivity contribution in [2.24, 2.45) is 0 Å². The summed E-state index contributed by atoms with van der Waals surface area (Å²) in [7, 11) is 0. The second-order valence-corrected chi connectivity index (χ2v) is 9.84. The van der Waals surface area contributed by atoms with Crippen LogP contribution in [0.15, 0.2) is 84.9 Å². The zero-order chi connectivity index (χ0) is 29.5. The lowest BCUT2D eigenvalue weighted by molar-refractivity contribution is -0.138. The molecule has 5 rings (SSSR count). The second kappa shape index (κ2) is 12.8. The van der Waals surface area contributed by atoms with Gasteiger partial charge in [0.1, 0.15) is 29.9 Å². The Morgan fingerprint density at radius 2 is 1.69 bits per heavy atom. The lowest BCUT2D eigenvalue weighted by Crippen LogP contribution is -2.46. The Kier molecular flexibility index (Phi) is 8.75. The number of rotatable bonds is 9. The van der Waals surface area contributed by atoms with E-state index in [1.165, 1.54) is 12.1 Å². The van der Waals surface area contributed by atoms with Crippen LogP contribution in [0.1, 0.15) is 34.5 Å². The molecular weight excluding hydrogens is 549 g/mol. The molecule has 42 heavy (non-hydrogen) atoms. The molecule has 0 aliphatic carbocycles. The van der Waals surface area contributed by atoms with E-state index >= 15 is 0 Å². The quantitative estimate of drug-likeness (QED) is 0.275. The van der Waals surface area contributed by atoms with Crippen molar-refractivity contribution < 1.29 is 32.2 Å². The Morgan fingerprint density at radius 1 is 0.952 bits per heavy atom. The van der Waals surface area contributed by atoms with Gasteiger partial charge in [0, 0.05) is 31.5 Å². The first kappa shape index (κ1) is 28.7. The van der Waals surface area contributed by atoms with Crippen LogP contribution in [0, 0.1) is 0 Å². The summed E-state index contributed by atoms with van der Waals surface area (Å²) in [4.78, 5) is 27.1. The molecule has 0 radical (unpaired) electrons. The summed E-state index contributed by atoms with van der Waals surface area (Å²) in [5.41, 5.74) is 1.69. The molecule has 1 aliphatic heterocycles. The minimum atomic E-state index is -4.45. The predicted octanol–water partition coefficient (Wildman–Crippen LogP) is 5.47. The van der Waals surface area contributed by atoms with Gasteiger partial charge in [0.2, 0.25) is 5.91 Å². The fourth-order valence-corrected chi connectivity index (χ4v) is 4.64. The van der Waals surface area contributed by atoms with Gasteiger partial charge in [-0.1, -0.05) is 48.5 Å². The highest BCUT2D eigenvalue weighted by Crippen LogP contribution is 2.32. The molecule has 0 spiro atoms. The van der Waals surface area contributed by atoms with Crippen molar-refractivity contribution >= 4 is 11.8 Å². The molecule has 0 saturated carbocycles. The van der Waals surface area contributed by atoms with Crippen molar-refractivity contribution in [3.05, 3.63) is 102 Å². The largest absolute Gasteiger partial charge is 0.490 e. The molecular formula is C31H29F3N4O4. The predicted molar refractivity (Wildman–Crippen MR) is 149 cm³/mol. The van der Waals surface area contributed by atoms with Crippen molar-refractivity contribution in [3.63, 3.8) is 0 Å². The molecule has 2 heterocycles. The van der Waals surface area contributed by atoms with Gasteiger partial charge in [-0.25, -0.2) is 0 Å². The highest BCUT2D eigenvalue weighted by Gasteiger charge is 2.31. The zero-order valence-electron chi connectivity index (χ0n) is 22.6. The number of hydrogen-bond acceptors (Lipinski definition) is 5. The third-order valence-electron chi connectivity index (χ3n) is 6.88. The number of piperidine rings is 1. The Balaban J connectivity index is 1.10. The van der Waals surface area contributed by atoms with Gasteiger partial charge in [-0.15, -0.1) is 0 Å². The van der Waals surface area contributed by atoms with E-state index in [1.54, 1.807) is 11.0 Å². The van der Waals surface area contributed by atoms with E-state index in [-0.39, 0.29) is 30.0 Å². The fourth-order valence-electron chi connectivity index (χ4n) is 4.64. The number of amides is 2. The van der Waals surface area contributed by atoms with E-state index in [9.17, 15) is 22.8 Å². The Hall–Kier alpha value is -4.80. The van der Waals surface area contributed by atoms with Crippen molar-refractivity contribution in [2.45, 2.75) is 31.7 Å². The first-order valence-electron chi connectivity index (χ1n) is 13.5. The fraction of sp³-hybridized carbons (Fsp3) is 0.258. The third-order valence-corrected chi connectivity index (χ3v) is 6.88. The van der Waals surface area contributed by atoms with Gasteiger partial charge in [-0.3, -0.25) is 14.7 Å². The van der Waals surface area contributed by atoms with E-state index in [0.717, 1.165) is 23.3 Å². The van der Waals surface area contributed by atoms with Crippen LogP contribution in [-0.4, -0.2) is 52.6 Å². The maximum absolute atomic E-state index is 13.0. The average molecular weight is 579 g/mol. The molecule has 11 heteroatoms. The van der Waals surface area contributed by atoms with Crippen molar-refractivity contribution in [1.29, 1.82) is 0 Å². The summed E-state index contributed by atoms with van der Waals surface area (Å²) in [6.45, 7) is 0.911. The van der Waals surface area contributed by atoms with Crippen LogP contribution in [0.5, 0.6) is 11.5 Å². The molecule has 1 fully saturated rings. The van der Waals surface area contributed by atoms with Gasteiger partial charge in [0.25, 0.3) is 5.91 Å². The molecule has 0 unspecified atom stereocenters. The maximum atomic E-state index is 13.0. The van der Waals surface area contributed by atoms with E-state index < -0.39 is 17.6 Å². The number of carbonyl (C=O) groups excluding carboxylic acids is 2. The summed E-state index contributed by atoms with van der Waals surface area (Å²) in [6, 6.07) is 23.5. The van der Waals surface area contributed by atoms with E-state index in [2.05, 4.69) is 15.5 Å². The Bertz CT molecular complexity index is 1520. The van der Waals surface area contributed by atoms with E-state index in [0.29, 0.717) is 44.0 Å². The molecule has 8 nitrogen and oxygen atoms in total. The first-order chi connectivity index (χ1) is 20.3. The van der Waals surface area contributed by atoms with Crippen LogP contribution in [0.2, 0.25) is 0 Å². The molecule has 2 N–H and O–H groups in total. The summed E-state index contributed by atoms with van der Waals surface area (Å²) in [6.07, 6.45) is -3.83. The smallest absolute Gasteiger partial charge is 0.416 e.